The summed E-state index contributed by atoms with van der Waals surface area (Å²) in [7, 11) is 1.31. The third-order valence-corrected chi connectivity index (χ3v) is 12.8. The standard InChI is InChI=1S/C53H93N7O19/c1-48(2,3)75-43(66)55-21-20-29(61)23-54-24-30-18-19-31(57-44(67)76-49(4,5)6)38(73-30)34-32(58-45(68)77-50(7,8)9)22-33(56-41(65)35(62)28-25-60(26-28)47(70)79-52(13,14)15)39(36(34)63)74-42-37(64)40(53(16,71)27-72-42)59(17)46(69)78-51(10,11)12/h18,28-29,31-40,42,54,61-64,71H,19-27H2,1-17H3,(H,55,66)(H,56,65)(H,57,67)(H,58,68)/t29?,31-,32+,33-,34?,35?,36+,37-,38+,39+,40-,42-,53+/m1/s1. The SMILES string of the molecule is CN(C(=O)OC(C)(C)C)[C@@H]1[C@@H](O)[C@@H](O[C@H]2[C@H](NC(=O)C(O)C3CN(C(=O)OC(C)(C)C)C3)C[C@H](NC(=O)OC(C)(C)C)C([C@H]3OC(CNCC(O)CCNC(=O)OC(C)(C)C)=CC[C@H]3NC(=O)OC(C)(C)C)[C@@H]2O)OC[C@]1(C)O. The van der Waals surface area contributed by atoms with Gasteiger partial charge in [0.25, 0.3) is 0 Å². The number of rotatable bonds is 16. The summed E-state index contributed by atoms with van der Waals surface area (Å²) in [6.07, 6.45) is -13.3. The van der Waals surface area contributed by atoms with E-state index in [1.165, 1.54) is 18.9 Å². The molecular weight excluding hydrogens is 1040 g/mol. The molecule has 26 heteroatoms. The van der Waals surface area contributed by atoms with Gasteiger partial charge in [0.2, 0.25) is 5.91 Å². The zero-order valence-electron chi connectivity index (χ0n) is 49.3. The van der Waals surface area contributed by atoms with E-state index in [4.69, 9.17) is 37.9 Å². The number of likely N-dealkylation sites (N-methyl/N-ethyl adjacent to an activating group) is 1. The van der Waals surface area contributed by atoms with Gasteiger partial charge in [0.1, 0.15) is 63.8 Å². The maximum atomic E-state index is 14.2. The zero-order chi connectivity index (χ0) is 60.0. The van der Waals surface area contributed by atoms with E-state index in [2.05, 4.69) is 26.6 Å². The number of amides is 6. The van der Waals surface area contributed by atoms with Crippen LogP contribution < -0.4 is 26.6 Å². The highest BCUT2D eigenvalue weighted by molar-refractivity contribution is 5.82. The van der Waals surface area contributed by atoms with Gasteiger partial charge in [-0.25, -0.2) is 24.0 Å². The van der Waals surface area contributed by atoms with E-state index in [1.807, 2.05) is 0 Å². The molecule has 2 saturated heterocycles. The quantitative estimate of drug-likeness (QED) is 0.0993. The molecule has 1 aliphatic carbocycles. The molecule has 13 atom stereocenters. The summed E-state index contributed by atoms with van der Waals surface area (Å²) >= 11 is 0. The van der Waals surface area contributed by atoms with Gasteiger partial charge in [-0.3, -0.25) is 4.79 Å². The van der Waals surface area contributed by atoms with E-state index in [9.17, 15) is 54.3 Å². The zero-order valence-corrected chi connectivity index (χ0v) is 49.3. The molecule has 0 bridgehead atoms. The van der Waals surface area contributed by atoms with E-state index in [-0.39, 0.29) is 52.0 Å². The van der Waals surface area contributed by atoms with Crippen LogP contribution >= 0.6 is 0 Å². The maximum absolute atomic E-state index is 14.2. The fraction of sp³-hybridized carbons (Fsp3) is 0.849. The summed E-state index contributed by atoms with van der Waals surface area (Å²) in [4.78, 5) is 82.4. The molecule has 0 aromatic carbocycles. The first-order valence-corrected chi connectivity index (χ1v) is 27.0. The monoisotopic (exact) mass is 1130 g/mol. The van der Waals surface area contributed by atoms with Gasteiger partial charge in [0.05, 0.1) is 43.5 Å². The fourth-order valence-corrected chi connectivity index (χ4v) is 9.48. The van der Waals surface area contributed by atoms with Crippen LogP contribution in [0.25, 0.3) is 0 Å². The Kier molecular flexibility index (Phi) is 22.2. The molecule has 10 N–H and O–H groups in total. The summed E-state index contributed by atoms with van der Waals surface area (Å²) < 4.78 is 46.8. The number of carbonyl (C=O) groups excluding carboxylic acids is 6. The topological polar surface area (TPSA) is 344 Å². The van der Waals surface area contributed by atoms with E-state index in [1.54, 1.807) is 110 Å². The van der Waals surface area contributed by atoms with Crippen molar-refractivity contribution < 1.29 is 92.2 Å². The molecule has 79 heavy (non-hydrogen) atoms. The van der Waals surface area contributed by atoms with Gasteiger partial charge in [-0.1, -0.05) is 0 Å². The molecule has 0 radical (unpaired) electrons. The lowest BCUT2D eigenvalue weighted by Crippen LogP contribution is -2.71. The molecule has 3 fully saturated rings. The Bertz CT molecular complexity index is 2120. The molecule has 3 unspecified atom stereocenters. The number of carbonyl (C=O) groups is 6. The van der Waals surface area contributed by atoms with Crippen molar-refractivity contribution in [3.63, 3.8) is 0 Å². The average molecular weight is 1130 g/mol. The van der Waals surface area contributed by atoms with Gasteiger partial charge in [0, 0.05) is 51.1 Å². The van der Waals surface area contributed by atoms with Crippen LogP contribution in [0.4, 0.5) is 24.0 Å². The molecule has 0 spiro atoms. The minimum Gasteiger partial charge on any atom is -0.491 e. The molecule has 3 heterocycles. The minimum absolute atomic E-state index is 0.0107. The fourth-order valence-electron chi connectivity index (χ4n) is 9.48. The lowest BCUT2D eigenvalue weighted by atomic mass is 9.72. The predicted octanol–water partition coefficient (Wildman–Crippen LogP) is 2.49. The van der Waals surface area contributed by atoms with Crippen molar-refractivity contribution in [2.75, 3.05) is 46.4 Å². The largest absolute Gasteiger partial charge is 0.491 e. The van der Waals surface area contributed by atoms with Crippen molar-refractivity contribution in [3.8, 4) is 0 Å². The van der Waals surface area contributed by atoms with Crippen molar-refractivity contribution >= 4 is 36.4 Å². The van der Waals surface area contributed by atoms with Gasteiger partial charge in [-0.2, -0.15) is 0 Å². The summed E-state index contributed by atoms with van der Waals surface area (Å²) in [5.74, 6) is -2.69. The smallest absolute Gasteiger partial charge is 0.410 e. The molecule has 6 amide bonds. The first-order valence-electron chi connectivity index (χ1n) is 27.0. The number of likely N-dealkylation sites (tertiary alicyclic amines) is 1. The summed E-state index contributed by atoms with van der Waals surface area (Å²) in [6, 6.07) is -4.99. The lowest BCUT2D eigenvalue weighted by molar-refractivity contribution is -0.306. The number of aliphatic hydroxyl groups is 5. The molecule has 0 aromatic rings. The van der Waals surface area contributed by atoms with E-state index in [0.29, 0.717) is 5.76 Å². The number of nitrogens with one attached hydrogen (secondary N) is 5. The summed E-state index contributed by atoms with van der Waals surface area (Å²) in [5.41, 5.74) is -6.34. The Hall–Kier alpha value is -4.96. The predicted molar refractivity (Wildman–Crippen MR) is 284 cm³/mol. The highest BCUT2D eigenvalue weighted by Crippen LogP contribution is 2.39. The van der Waals surface area contributed by atoms with Crippen LogP contribution in [0.1, 0.15) is 130 Å². The van der Waals surface area contributed by atoms with E-state index < -0.39 is 156 Å². The first kappa shape index (κ1) is 66.6. The Morgan fingerprint density at radius 3 is 1.82 bits per heavy atom. The van der Waals surface area contributed by atoms with Crippen molar-refractivity contribution in [1.82, 2.24) is 36.4 Å². The highest BCUT2D eigenvalue weighted by Gasteiger charge is 2.57. The summed E-state index contributed by atoms with van der Waals surface area (Å²) in [6.45, 7) is 26.1. The highest BCUT2D eigenvalue weighted by atomic mass is 16.7. The third kappa shape index (κ3) is 20.8. The second-order valence-electron chi connectivity index (χ2n) is 26.2. The molecule has 3 aliphatic heterocycles. The van der Waals surface area contributed by atoms with Gasteiger partial charge in [-0.05, 0) is 136 Å². The molecule has 4 aliphatic rings. The second kappa shape index (κ2) is 26.3. The van der Waals surface area contributed by atoms with Crippen LogP contribution in [0.15, 0.2) is 11.8 Å². The Labute approximate surface area is 464 Å². The molecule has 4 rings (SSSR count). The van der Waals surface area contributed by atoms with E-state index >= 15 is 0 Å². The normalized spacial score (nSPS) is 28.7. The Morgan fingerprint density at radius 1 is 0.747 bits per heavy atom. The molecule has 26 nitrogen and oxygen atoms in total. The number of ether oxygens (including phenoxy) is 8. The number of hydrogen-bond donors (Lipinski definition) is 10. The Balaban J connectivity index is 1.76. The van der Waals surface area contributed by atoms with Crippen LogP contribution in [0.3, 0.4) is 0 Å². The van der Waals surface area contributed by atoms with Crippen LogP contribution in [0, 0.1) is 11.8 Å². The van der Waals surface area contributed by atoms with Gasteiger partial charge in [-0.15, -0.1) is 0 Å². The number of nitrogens with zero attached hydrogens (tertiary/aromatic N) is 2. The van der Waals surface area contributed by atoms with Crippen molar-refractivity contribution in [2.24, 2.45) is 11.8 Å². The second-order valence-corrected chi connectivity index (χ2v) is 26.2. The number of hydrogen-bond acceptors (Lipinski definition) is 20. The number of aliphatic hydroxyl groups excluding tert-OH is 4. The van der Waals surface area contributed by atoms with E-state index in [0.717, 1.165) is 4.90 Å². The third-order valence-electron chi connectivity index (χ3n) is 12.8. The van der Waals surface area contributed by atoms with Crippen molar-refractivity contribution in [1.29, 1.82) is 0 Å². The average Bonchev–Trinajstić information content (AvgIpc) is 3.22. The van der Waals surface area contributed by atoms with Crippen LogP contribution in [0.5, 0.6) is 0 Å². The van der Waals surface area contributed by atoms with Crippen molar-refractivity contribution in [2.45, 2.75) is 231 Å². The first-order chi connectivity index (χ1) is 36.0. The molecule has 1 saturated carbocycles. The Morgan fingerprint density at radius 2 is 1.28 bits per heavy atom. The number of alkyl carbamates (subject to hydrolysis) is 3. The molecular formula is C53H93N7O19. The summed E-state index contributed by atoms with van der Waals surface area (Å²) in [5, 5.41) is 73.2. The molecule has 0 aromatic heterocycles. The molecule has 454 valence electrons. The van der Waals surface area contributed by atoms with Gasteiger partial charge < -0.3 is 99.8 Å². The van der Waals surface area contributed by atoms with Crippen LogP contribution in [0.2, 0.25) is 0 Å². The maximum Gasteiger partial charge on any atom is 0.410 e. The van der Waals surface area contributed by atoms with Crippen LogP contribution in [-0.4, -0.2) is 219 Å². The van der Waals surface area contributed by atoms with Gasteiger partial charge in [0.15, 0.2) is 6.29 Å². The minimum atomic E-state index is -1.89. The van der Waals surface area contributed by atoms with Crippen LogP contribution in [-0.2, 0) is 42.7 Å². The van der Waals surface area contributed by atoms with Crippen molar-refractivity contribution in [3.05, 3.63) is 11.8 Å². The van der Waals surface area contributed by atoms with Gasteiger partial charge >= 0.3 is 30.5 Å². The lowest BCUT2D eigenvalue weighted by Gasteiger charge is -2.52.